The summed E-state index contributed by atoms with van der Waals surface area (Å²) in [6.45, 7) is 2.19. The zero-order valence-corrected chi connectivity index (χ0v) is 19.9. The van der Waals surface area contributed by atoms with Gasteiger partial charge in [-0.15, -0.1) is 24.0 Å². The molecule has 2 aromatic rings. The molecule has 0 atom stereocenters. The van der Waals surface area contributed by atoms with Gasteiger partial charge in [-0.3, -0.25) is 0 Å². The number of rotatable bonds is 8. The number of aliphatic imine (C=N–C) groups is 1. The Bertz CT molecular complexity index is 968. The van der Waals surface area contributed by atoms with E-state index >= 15 is 0 Å². The number of hydrogen-bond donors (Lipinski definition) is 2. The summed E-state index contributed by atoms with van der Waals surface area (Å²) in [5.74, 6) is -0.814. The van der Waals surface area contributed by atoms with Gasteiger partial charge in [-0.25, -0.2) is 17.8 Å². The number of benzene rings is 2. The third kappa shape index (κ3) is 8.63. The monoisotopic (exact) mass is 573 g/mol. The highest BCUT2D eigenvalue weighted by molar-refractivity contribution is 14.0. The molecule has 0 radical (unpaired) electrons. The average Bonchev–Trinajstić information content (AvgIpc) is 2.70. The summed E-state index contributed by atoms with van der Waals surface area (Å²) in [5, 5.41) is 5.79. The molecule has 0 unspecified atom stereocenters. The van der Waals surface area contributed by atoms with E-state index in [1.165, 1.54) is 12.1 Å². The molecule has 2 N–H and O–H groups in total. The molecule has 0 saturated carbocycles. The molecule has 2 aromatic carbocycles. The van der Waals surface area contributed by atoms with E-state index < -0.39 is 27.4 Å². The maximum atomic E-state index is 13.2. The molecule has 2 rings (SSSR count). The van der Waals surface area contributed by atoms with Gasteiger partial charge in [0.1, 0.15) is 5.82 Å². The van der Waals surface area contributed by atoms with E-state index in [4.69, 9.17) is 0 Å². The lowest BCUT2D eigenvalue weighted by atomic mass is 10.1. The molecule has 5 nitrogen and oxygen atoms in total. The smallest absolute Gasteiger partial charge is 0.357 e. The lowest BCUT2D eigenvalue weighted by molar-refractivity contribution is -0.138. The molecule has 0 amide bonds. The zero-order chi connectivity index (χ0) is 22.2. The minimum atomic E-state index is -4.69. The summed E-state index contributed by atoms with van der Waals surface area (Å²) < 4.78 is 77.0. The first-order valence-corrected chi connectivity index (χ1v) is 10.9. The van der Waals surface area contributed by atoms with Gasteiger partial charge in [0.05, 0.1) is 22.8 Å². The highest BCUT2D eigenvalue weighted by Crippen LogP contribution is 2.32. The number of halogens is 5. The molecule has 0 saturated heterocycles. The van der Waals surface area contributed by atoms with Crippen LogP contribution >= 0.6 is 24.0 Å². The lowest BCUT2D eigenvalue weighted by Gasteiger charge is -2.14. The van der Waals surface area contributed by atoms with Crippen LogP contribution in [0.1, 0.15) is 24.5 Å². The van der Waals surface area contributed by atoms with Crippen molar-refractivity contribution in [3.63, 3.8) is 0 Å². The summed E-state index contributed by atoms with van der Waals surface area (Å²) >= 11 is 0. The van der Waals surface area contributed by atoms with Crippen LogP contribution in [0.2, 0.25) is 0 Å². The second-order valence-electron chi connectivity index (χ2n) is 6.41. The quantitative estimate of drug-likeness (QED) is 0.162. The fourth-order valence-corrected chi connectivity index (χ4v) is 4.00. The van der Waals surface area contributed by atoms with E-state index in [1.54, 1.807) is 25.1 Å². The molecule has 0 aromatic heterocycles. The van der Waals surface area contributed by atoms with E-state index in [-0.39, 0.29) is 65.7 Å². The summed E-state index contributed by atoms with van der Waals surface area (Å²) in [6, 6.07) is 10.5. The van der Waals surface area contributed by atoms with Crippen molar-refractivity contribution in [3.8, 4) is 0 Å². The zero-order valence-electron chi connectivity index (χ0n) is 16.7. The molecule has 11 heteroatoms. The second-order valence-corrected chi connectivity index (χ2v) is 8.52. The molecule has 0 fully saturated rings. The number of nitrogens with zero attached hydrogens (tertiary/aromatic N) is 1. The fourth-order valence-electron chi connectivity index (χ4n) is 2.67. The van der Waals surface area contributed by atoms with Gasteiger partial charge in [0, 0.05) is 13.1 Å². The summed E-state index contributed by atoms with van der Waals surface area (Å²) in [7, 11) is -3.41. The van der Waals surface area contributed by atoms with Crippen LogP contribution in [0.5, 0.6) is 0 Å². The number of hydrogen-bond acceptors (Lipinski definition) is 3. The Balaban J connectivity index is 0.00000480. The van der Waals surface area contributed by atoms with Gasteiger partial charge >= 0.3 is 6.18 Å². The number of nitrogens with one attached hydrogen (secondary N) is 2. The number of sulfone groups is 1. The van der Waals surface area contributed by atoms with Crippen molar-refractivity contribution in [2.45, 2.75) is 31.0 Å². The van der Waals surface area contributed by atoms with E-state index in [9.17, 15) is 26.0 Å². The van der Waals surface area contributed by atoms with Gasteiger partial charge in [0.25, 0.3) is 0 Å². The molecule has 31 heavy (non-hydrogen) atoms. The Hall–Kier alpha value is -1.89. The van der Waals surface area contributed by atoms with Crippen molar-refractivity contribution < 1.29 is 26.0 Å². The first kappa shape index (κ1) is 27.1. The SMILES string of the molecule is CCNC(=NCc1ccc(F)cc1C(F)(F)F)NCCCS(=O)(=O)c1ccccc1.I. The van der Waals surface area contributed by atoms with Crippen LogP contribution in [0.25, 0.3) is 0 Å². The highest BCUT2D eigenvalue weighted by Gasteiger charge is 2.33. The Morgan fingerprint density at radius 2 is 1.74 bits per heavy atom. The maximum Gasteiger partial charge on any atom is 0.416 e. The lowest BCUT2D eigenvalue weighted by Crippen LogP contribution is -2.38. The van der Waals surface area contributed by atoms with Crippen molar-refractivity contribution in [1.82, 2.24) is 10.6 Å². The van der Waals surface area contributed by atoms with E-state index in [0.717, 1.165) is 12.1 Å². The van der Waals surface area contributed by atoms with Crippen molar-refractivity contribution in [1.29, 1.82) is 0 Å². The molecule has 0 bridgehead atoms. The summed E-state index contributed by atoms with van der Waals surface area (Å²) in [5.41, 5.74) is -1.23. The number of guanidine groups is 1. The Kier molecular flexibility index (Phi) is 10.7. The van der Waals surface area contributed by atoms with Crippen molar-refractivity contribution in [3.05, 3.63) is 65.5 Å². The van der Waals surface area contributed by atoms with Crippen LogP contribution in [0.15, 0.2) is 58.4 Å². The van der Waals surface area contributed by atoms with Gasteiger partial charge in [0.2, 0.25) is 0 Å². The minimum Gasteiger partial charge on any atom is -0.357 e. The van der Waals surface area contributed by atoms with Crippen LogP contribution in [-0.2, 0) is 22.6 Å². The predicted octanol–water partition coefficient (Wildman–Crippen LogP) is 4.38. The maximum absolute atomic E-state index is 13.2. The van der Waals surface area contributed by atoms with Gasteiger partial charge < -0.3 is 10.6 Å². The molecule has 0 aliphatic heterocycles. The van der Waals surface area contributed by atoms with Crippen LogP contribution in [0.4, 0.5) is 17.6 Å². The normalized spacial score (nSPS) is 12.2. The van der Waals surface area contributed by atoms with Gasteiger partial charge in [-0.2, -0.15) is 13.2 Å². The second kappa shape index (κ2) is 12.2. The molecular weight excluding hydrogens is 549 g/mol. The number of alkyl halides is 3. The fraction of sp³-hybridized carbons (Fsp3) is 0.350. The molecule has 0 heterocycles. The van der Waals surface area contributed by atoms with Crippen LogP contribution in [0, 0.1) is 5.82 Å². The minimum absolute atomic E-state index is 0. The highest BCUT2D eigenvalue weighted by atomic mass is 127. The van der Waals surface area contributed by atoms with E-state index in [0.29, 0.717) is 12.6 Å². The van der Waals surface area contributed by atoms with Crippen molar-refractivity contribution in [2.24, 2.45) is 4.99 Å². The Labute approximate surface area is 196 Å². The summed E-state index contributed by atoms with van der Waals surface area (Å²) in [6.07, 6.45) is -4.41. The Morgan fingerprint density at radius 1 is 1.06 bits per heavy atom. The van der Waals surface area contributed by atoms with Crippen molar-refractivity contribution >= 4 is 39.8 Å². The third-order valence-corrected chi connectivity index (χ3v) is 5.93. The predicted molar refractivity (Wildman–Crippen MR) is 123 cm³/mol. The van der Waals surface area contributed by atoms with E-state index in [2.05, 4.69) is 15.6 Å². The largest absolute Gasteiger partial charge is 0.416 e. The molecule has 0 spiro atoms. The first-order valence-electron chi connectivity index (χ1n) is 9.29. The van der Waals surface area contributed by atoms with Gasteiger partial charge in [-0.1, -0.05) is 24.3 Å². The van der Waals surface area contributed by atoms with Crippen LogP contribution < -0.4 is 10.6 Å². The van der Waals surface area contributed by atoms with Crippen molar-refractivity contribution in [2.75, 3.05) is 18.8 Å². The Morgan fingerprint density at radius 3 is 2.35 bits per heavy atom. The topological polar surface area (TPSA) is 70.6 Å². The molecular formula is C20H24F4IN3O2S. The van der Waals surface area contributed by atoms with E-state index in [1.807, 2.05) is 0 Å². The summed E-state index contributed by atoms with van der Waals surface area (Å²) in [4.78, 5) is 4.34. The van der Waals surface area contributed by atoms with Gasteiger partial charge in [-0.05, 0) is 43.2 Å². The average molecular weight is 573 g/mol. The third-order valence-electron chi connectivity index (χ3n) is 4.11. The molecule has 172 valence electrons. The van der Waals surface area contributed by atoms with Crippen LogP contribution in [-0.4, -0.2) is 33.2 Å². The standard InChI is InChI=1S/C20H23F4N3O2S.HI/c1-2-25-19(26-11-6-12-30(28,29)17-7-4-3-5-8-17)27-14-15-9-10-16(21)13-18(15)20(22,23)24;/h3-5,7-10,13H,2,6,11-12,14H2,1H3,(H2,25,26,27);1H. The van der Waals surface area contributed by atoms with Crippen LogP contribution in [0.3, 0.4) is 0 Å². The molecule has 0 aliphatic carbocycles. The van der Waals surface area contributed by atoms with Gasteiger partial charge in [0.15, 0.2) is 15.8 Å². The first-order chi connectivity index (χ1) is 14.1. The molecule has 0 aliphatic rings.